The monoisotopic (exact) mass is 226 g/mol. The van der Waals surface area contributed by atoms with Crippen molar-refractivity contribution in [3.05, 3.63) is 0 Å². The molecule has 0 spiro atoms. The van der Waals surface area contributed by atoms with Crippen LogP contribution in [0.1, 0.15) is 39.0 Å². The second-order valence-corrected chi connectivity index (χ2v) is 4.35. The fourth-order valence-corrected chi connectivity index (χ4v) is 2.10. The molecule has 16 heavy (non-hydrogen) atoms. The zero-order chi connectivity index (χ0) is 12.0. The summed E-state index contributed by atoms with van der Waals surface area (Å²) in [6, 6.07) is -0.306. The van der Waals surface area contributed by atoms with E-state index in [1.807, 2.05) is 6.92 Å². The third-order valence-electron chi connectivity index (χ3n) is 3.10. The molecule has 0 aromatic carbocycles. The van der Waals surface area contributed by atoms with Gasteiger partial charge in [-0.05, 0) is 32.7 Å². The van der Waals surface area contributed by atoms with Crippen LogP contribution in [0, 0.1) is 0 Å². The standard InChI is InChI=1S/C12H22N2O2/c1-3-7-10(13-2)11(15)12(16)14-8-5-4-6-9-14/h10,13H,3-9H2,1-2H3. The molecule has 1 N–H and O–H groups in total. The summed E-state index contributed by atoms with van der Waals surface area (Å²) < 4.78 is 0. The number of nitrogens with one attached hydrogen (secondary N) is 1. The number of rotatable bonds is 5. The Morgan fingerprint density at radius 3 is 2.38 bits per heavy atom. The molecule has 4 heteroatoms. The van der Waals surface area contributed by atoms with Gasteiger partial charge in [0.1, 0.15) is 0 Å². The number of hydrogen-bond acceptors (Lipinski definition) is 3. The number of carbonyl (C=O) groups is 2. The number of hydrogen-bond donors (Lipinski definition) is 1. The van der Waals surface area contributed by atoms with E-state index in [1.54, 1.807) is 11.9 Å². The molecule has 0 radical (unpaired) electrons. The number of likely N-dealkylation sites (N-methyl/N-ethyl adjacent to an activating group) is 1. The van der Waals surface area contributed by atoms with E-state index < -0.39 is 0 Å². The third-order valence-corrected chi connectivity index (χ3v) is 3.10. The minimum atomic E-state index is -0.306. The van der Waals surface area contributed by atoms with Crippen LogP contribution < -0.4 is 5.32 Å². The number of ketones is 1. The molecule has 1 amide bonds. The fraction of sp³-hybridized carbons (Fsp3) is 0.833. The summed E-state index contributed by atoms with van der Waals surface area (Å²) in [5, 5.41) is 2.93. The highest BCUT2D eigenvalue weighted by atomic mass is 16.2. The minimum absolute atomic E-state index is 0.272. The van der Waals surface area contributed by atoms with Crippen LogP contribution in [-0.2, 0) is 9.59 Å². The van der Waals surface area contributed by atoms with Crippen LogP contribution in [0.3, 0.4) is 0 Å². The second kappa shape index (κ2) is 6.63. The Morgan fingerprint density at radius 2 is 1.88 bits per heavy atom. The lowest BCUT2D eigenvalue weighted by atomic mass is 10.0. The molecule has 1 fully saturated rings. The van der Waals surface area contributed by atoms with E-state index in [1.165, 1.54) is 6.42 Å². The van der Waals surface area contributed by atoms with Gasteiger partial charge in [-0.2, -0.15) is 0 Å². The van der Waals surface area contributed by atoms with Crippen LogP contribution in [0.25, 0.3) is 0 Å². The van der Waals surface area contributed by atoms with E-state index in [0.717, 1.165) is 38.8 Å². The zero-order valence-electron chi connectivity index (χ0n) is 10.3. The molecule has 1 heterocycles. The van der Waals surface area contributed by atoms with Crippen LogP contribution in [-0.4, -0.2) is 42.8 Å². The van der Waals surface area contributed by atoms with Gasteiger partial charge < -0.3 is 10.2 Å². The van der Waals surface area contributed by atoms with Crippen molar-refractivity contribution in [3.63, 3.8) is 0 Å². The third kappa shape index (κ3) is 3.30. The van der Waals surface area contributed by atoms with Gasteiger partial charge in [0.25, 0.3) is 5.91 Å². The molecule has 0 aromatic heterocycles. The van der Waals surface area contributed by atoms with E-state index in [9.17, 15) is 9.59 Å². The number of amides is 1. The summed E-state index contributed by atoms with van der Waals surface area (Å²) in [7, 11) is 1.74. The molecular formula is C12H22N2O2. The molecule has 0 saturated carbocycles. The summed E-state index contributed by atoms with van der Waals surface area (Å²) in [6.07, 6.45) is 4.86. The van der Waals surface area contributed by atoms with Gasteiger partial charge in [-0.25, -0.2) is 0 Å². The lowest BCUT2D eigenvalue weighted by Gasteiger charge is -2.27. The summed E-state index contributed by atoms with van der Waals surface area (Å²) >= 11 is 0. The molecule has 1 unspecified atom stereocenters. The normalized spacial score (nSPS) is 18.2. The van der Waals surface area contributed by atoms with Crippen molar-refractivity contribution in [3.8, 4) is 0 Å². The molecule has 1 saturated heterocycles. The average Bonchev–Trinajstić information content (AvgIpc) is 2.35. The zero-order valence-corrected chi connectivity index (χ0v) is 10.3. The highest BCUT2D eigenvalue weighted by molar-refractivity contribution is 6.38. The predicted octanol–water partition coefficient (Wildman–Crippen LogP) is 0.956. The lowest BCUT2D eigenvalue weighted by Crippen LogP contribution is -2.47. The molecule has 4 nitrogen and oxygen atoms in total. The highest BCUT2D eigenvalue weighted by Gasteiger charge is 2.28. The van der Waals surface area contributed by atoms with Crippen LogP contribution in [0.15, 0.2) is 0 Å². The smallest absolute Gasteiger partial charge is 0.291 e. The van der Waals surface area contributed by atoms with Crippen molar-refractivity contribution in [2.24, 2.45) is 0 Å². The second-order valence-electron chi connectivity index (χ2n) is 4.35. The highest BCUT2D eigenvalue weighted by Crippen LogP contribution is 2.10. The van der Waals surface area contributed by atoms with E-state index in [-0.39, 0.29) is 17.7 Å². The maximum atomic E-state index is 11.9. The van der Waals surface area contributed by atoms with Crippen LogP contribution >= 0.6 is 0 Å². The van der Waals surface area contributed by atoms with E-state index in [0.29, 0.717) is 0 Å². The minimum Gasteiger partial charge on any atom is -0.336 e. The number of likely N-dealkylation sites (tertiary alicyclic amines) is 1. The molecule has 0 aliphatic carbocycles. The Kier molecular flexibility index (Phi) is 5.46. The number of carbonyl (C=O) groups excluding carboxylic acids is 2. The Morgan fingerprint density at radius 1 is 1.25 bits per heavy atom. The predicted molar refractivity (Wildman–Crippen MR) is 63.2 cm³/mol. The molecule has 1 aliphatic heterocycles. The number of nitrogens with zero attached hydrogens (tertiary/aromatic N) is 1. The van der Waals surface area contributed by atoms with Gasteiger partial charge in [0.2, 0.25) is 5.78 Å². The van der Waals surface area contributed by atoms with Gasteiger partial charge in [-0.1, -0.05) is 13.3 Å². The van der Waals surface area contributed by atoms with Crippen molar-refractivity contribution in [2.45, 2.75) is 45.1 Å². The maximum absolute atomic E-state index is 11.9. The van der Waals surface area contributed by atoms with Gasteiger partial charge in [-0.3, -0.25) is 9.59 Å². The van der Waals surface area contributed by atoms with E-state index in [4.69, 9.17) is 0 Å². The molecule has 1 atom stereocenters. The largest absolute Gasteiger partial charge is 0.336 e. The Bertz CT molecular complexity index is 233. The number of piperidine rings is 1. The van der Waals surface area contributed by atoms with Crippen LogP contribution in [0.4, 0.5) is 0 Å². The summed E-state index contributed by atoms with van der Waals surface area (Å²) in [5.41, 5.74) is 0. The molecule has 92 valence electrons. The van der Waals surface area contributed by atoms with E-state index >= 15 is 0 Å². The first-order valence-corrected chi connectivity index (χ1v) is 6.21. The lowest BCUT2D eigenvalue weighted by molar-refractivity contribution is -0.146. The summed E-state index contributed by atoms with van der Waals surface area (Å²) in [5.74, 6) is -0.571. The SMILES string of the molecule is CCCC(NC)C(=O)C(=O)N1CCCCC1. The van der Waals surface area contributed by atoms with Crippen molar-refractivity contribution in [1.82, 2.24) is 10.2 Å². The van der Waals surface area contributed by atoms with Crippen molar-refractivity contribution >= 4 is 11.7 Å². The van der Waals surface area contributed by atoms with Gasteiger partial charge >= 0.3 is 0 Å². The van der Waals surface area contributed by atoms with Crippen molar-refractivity contribution in [2.75, 3.05) is 20.1 Å². The van der Waals surface area contributed by atoms with Gasteiger partial charge in [0, 0.05) is 13.1 Å². The summed E-state index contributed by atoms with van der Waals surface area (Å²) in [6.45, 7) is 3.50. The van der Waals surface area contributed by atoms with E-state index in [2.05, 4.69) is 5.32 Å². The average molecular weight is 226 g/mol. The first kappa shape index (κ1) is 13.2. The Labute approximate surface area is 97.4 Å². The first-order chi connectivity index (χ1) is 7.70. The quantitative estimate of drug-likeness (QED) is 0.710. The van der Waals surface area contributed by atoms with Crippen molar-refractivity contribution in [1.29, 1.82) is 0 Å². The molecule has 1 aliphatic rings. The molecule has 0 bridgehead atoms. The Balaban J connectivity index is 2.53. The van der Waals surface area contributed by atoms with Crippen LogP contribution in [0.2, 0.25) is 0 Å². The maximum Gasteiger partial charge on any atom is 0.291 e. The van der Waals surface area contributed by atoms with Gasteiger partial charge in [0.15, 0.2) is 0 Å². The Hall–Kier alpha value is -0.900. The van der Waals surface area contributed by atoms with Crippen molar-refractivity contribution < 1.29 is 9.59 Å². The fourth-order valence-electron chi connectivity index (χ4n) is 2.10. The first-order valence-electron chi connectivity index (χ1n) is 6.21. The topological polar surface area (TPSA) is 49.4 Å². The molecule has 1 rings (SSSR count). The van der Waals surface area contributed by atoms with Crippen LogP contribution in [0.5, 0.6) is 0 Å². The molecular weight excluding hydrogens is 204 g/mol. The number of Topliss-reactive ketones (excluding diaryl/α,β-unsaturated/α-hetero) is 1. The summed E-state index contributed by atoms with van der Waals surface area (Å²) in [4.78, 5) is 25.5. The molecule has 0 aromatic rings. The van der Waals surface area contributed by atoms with Gasteiger partial charge in [-0.15, -0.1) is 0 Å². The van der Waals surface area contributed by atoms with Gasteiger partial charge in [0.05, 0.1) is 6.04 Å².